The number of aromatic nitrogens is 2. The number of carbonyl (C=O) groups is 2. The zero-order valence-corrected chi connectivity index (χ0v) is 8.67. The highest BCUT2D eigenvalue weighted by molar-refractivity contribution is 5.86. The van der Waals surface area contributed by atoms with Crippen molar-refractivity contribution in [3.63, 3.8) is 0 Å². The second-order valence-electron chi connectivity index (χ2n) is 3.90. The monoisotopic (exact) mass is 223 g/mol. The highest BCUT2D eigenvalue weighted by Gasteiger charge is 2.32. The van der Waals surface area contributed by atoms with Crippen molar-refractivity contribution in [3.8, 4) is 0 Å². The fraction of sp³-hybridized carbons (Fsp3) is 0.500. The summed E-state index contributed by atoms with van der Waals surface area (Å²) < 4.78 is 1.49. The Hall–Kier alpha value is -1.85. The number of rotatable bonds is 5. The summed E-state index contributed by atoms with van der Waals surface area (Å²) in [5, 5.41) is 15.4. The van der Waals surface area contributed by atoms with E-state index in [-0.39, 0.29) is 18.4 Å². The predicted octanol–water partition coefficient (Wildman–Crippen LogP) is -0.138. The van der Waals surface area contributed by atoms with E-state index in [4.69, 9.17) is 5.11 Å². The molecule has 0 aromatic carbocycles. The third-order valence-electron chi connectivity index (χ3n) is 2.49. The number of carboxylic acids is 1. The van der Waals surface area contributed by atoms with Gasteiger partial charge in [-0.05, 0) is 18.9 Å². The summed E-state index contributed by atoms with van der Waals surface area (Å²) in [6, 6.07) is 0.801. The second kappa shape index (κ2) is 4.34. The van der Waals surface area contributed by atoms with E-state index in [1.807, 2.05) is 0 Å². The number of hydrogen-bond donors (Lipinski definition) is 2. The van der Waals surface area contributed by atoms with E-state index in [9.17, 15) is 9.59 Å². The Bertz CT molecular complexity index is 384. The quantitative estimate of drug-likeness (QED) is 0.727. The van der Waals surface area contributed by atoms with Crippen molar-refractivity contribution >= 4 is 11.9 Å². The van der Waals surface area contributed by atoms with Crippen LogP contribution in [0.2, 0.25) is 0 Å². The first kappa shape index (κ1) is 10.7. The van der Waals surface area contributed by atoms with Gasteiger partial charge in [-0.15, -0.1) is 0 Å². The number of nitrogens with one attached hydrogen (secondary N) is 1. The first-order valence-electron chi connectivity index (χ1n) is 5.17. The van der Waals surface area contributed by atoms with Crippen LogP contribution in [-0.2, 0) is 16.1 Å². The molecule has 0 spiro atoms. The molecule has 1 aliphatic carbocycles. The third kappa shape index (κ3) is 2.59. The highest BCUT2D eigenvalue weighted by atomic mass is 16.4. The summed E-state index contributed by atoms with van der Waals surface area (Å²) in [6.45, 7) is 0.154. The molecule has 1 aromatic heterocycles. The number of carboxylic acid groups (broad SMARTS) is 1. The maximum Gasteiger partial charge on any atom is 0.328 e. The number of amides is 1. The van der Waals surface area contributed by atoms with E-state index in [0.717, 1.165) is 12.8 Å². The summed E-state index contributed by atoms with van der Waals surface area (Å²) in [6.07, 6.45) is 4.96. The van der Waals surface area contributed by atoms with Crippen molar-refractivity contribution in [3.05, 3.63) is 18.5 Å². The van der Waals surface area contributed by atoms with Crippen LogP contribution in [0.1, 0.15) is 12.8 Å². The Kier molecular flexibility index (Phi) is 2.89. The highest BCUT2D eigenvalue weighted by Crippen LogP contribution is 2.28. The van der Waals surface area contributed by atoms with Crippen molar-refractivity contribution in [2.24, 2.45) is 5.92 Å². The van der Waals surface area contributed by atoms with E-state index in [0.29, 0.717) is 0 Å². The predicted molar refractivity (Wildman–Crippen MR) is 54.5 cm³/mol. The first-order valence-corrected chi connectivity index (χ1v) is 5.17. The standard InChI is InChI=1S/C10H13N3O3/c14-9(7-2-3-7)12-8(10(15)16)6-13-5-1-4-11-13/h1,4-5,7-8H,2-3,6H2,(H,12,14)(H,15,16)/t8-/m0/s1. The van der Waals surface area contributed by atoms with Crippen LogP contribution in [0, 0.1) is 5.92 Å². The van der Waals surface area contributed by atoms with E-state index >= 15 is 0 Å². The van der Waals surface area contributed by atoms with E-state index in [1.165, 1.54) is 4.68 Å². The van der Waals surface area contributed by atoms with Crippen molar-refractivity contribution < 1.29 is 14.7 Å². The summed E-state index contributed by atoms with van der Waals surface area (Å²) in [7, 11) is 0. The zero-order chi connectivity index (χ0) is 11.5. The van der Waals surface area contributed by atoms with Crippen LogP contribution in [0.3, 0.4) is 0 Å². The lowest BCUT2D eigenvalue weighted by molar-refractivity contribution is -0.142. The topological polar surface area (TPSA) is 84.2 Å². The molecule has 16 heavy (non-hydrogen) atoms. The molecule has 1 aromatic rings. The van der Waals surface area contributed by atoms with Crippen LogP contribution >= 0.6 is 0 Å². The summed E-state index contributed by atoms with van der Waals surface area (Å²) >= 11 is 0. The van der Waals surface area contributed by atoms with E-state index < -0.39 is 12.0 Å². The van der Waals surface area contributed by atoms with Gasteiger partial charge >= 0.3 is 5.97 Å². The summed E-state index contributed by atoms with van der Waals surface area (Å²) in [5.74, 6) is -1.19. The van der Waals surface area contributed by atoms with Gasteiger partial charge in [0.05, 0.1) is 6.54 Å². The normalized spacial score (nSPS) is 16.8. The van der Waals surface area contributed by atoms with Gasteiger partial charge in [-0.1, -0.05) is 0 Å². The molecule has 1 heterocycles. The molecule has 2 N–H and O–H groups in total. The van der Waals surface area contributed by atoms with Gasteiger partial charge in [0.15, 0.2) is 0 Å². The van der Waals surface area contributed by atoms with Crippen LogP contribution in [-0.4, -0.2) is 32.8 Å². The lowest BCUT2D eigenvalue weighted by Crippen LogP contribution is -2.44. The van der Waals surface area contributed by atoms with Gasteiger partial charge in [-0.2, -0.15) is 5.10 Å². The second-order valence-corrected chi connectivity index (χ2v) is 3.90. The summed E-state index contributed by atoms with van der Waals surface area (Å²) in [4.78, 5) is 22.4. The SMILES string of the molecule is O=C(N[C@@H](Cn1cccn1)C(=O)O)C1CC1. The van der Waals surface area contributed by atoms with Gasteiger partial charge in [0.25, 0.3) is 0 Å². The average Bonchev–Trinajstić information content (AvgIpc) is 2.97. The van der Waals surface area contributed by atoms with Gasteiger partial charge < -0.3 is 10.4 Å². The van der Waals surface area contributed by atoms with Crippen molar-refractivity contribution in [1.82, 2.24) is 15.1 Å². The molecule has 1 saturated carbocycles. The largest absolute Gasteiger partial charge is 0.480 e. The van der Waals surface area contributed by atoms with Gasteiger partial charge in [0.2, 0.25) is 5.91 Å². The molecule has 0 radical (unpaired) electrons. The maximum absolute atomic E-state index is 11.4. The smallest absolute Gasteiger partial charge is 0.328 e. The minimum atomic E-state index is -1.04. The molecule has 86 valence electrons. The van der Waals surface area contributed by atoms with Crippen LogP contribution in [0.5, 0.6) is 0 Å². The Morgan fingerprint density at radius 2 is 2.31 bits per heavy atom. The minimum absolute atomic E-state index is 0.0134. The Balaban J connectivity index is 1.94. The molecule has 1 fully saturated rings. The van der Waals surface area contributed by atoms with Crippen LogP contribution in [0.4, 0.5) is 0 Å². The Morgan fingerprint density at radius 3 is 2.81 bits per heavy atom. The minimum Gasteiger partial charge on any atom is -0.480 e. The maximum atomic E-state index is 11.4. The molecular weight excluding hydrogens is 210 g/mol. The number of hydrogen-bond acceptors (Lipinski definition) is 3. The van der Waals surface area contributed by atoms with Gasteiger partial charge in [0.1, 0.15) is 6.04 Å². The Labute approximate surface area is 92.3 Å². The van der Waals surface area contributed by atoms with Crippen LogP contribution in [0.15, 0.2) is 18.5 Å². The molecular formula is C10H13N3O3. The molecule has 0 saturated heterocycles. The van der Waals surface area contributed by atoms with Gasteiger partial charge in [-0.3, -0.25) is 9.48 Å². The van der Waals surface area contributed by atoms with Crippen molar-refractivity contribution in [1.29, 1.82) is 0 Å². The van der Waals surface area contributed by atoms with E-state index in [1.54, 1.807) is 18.5 Å². The summed E-state index contributed by atoms with van der Waals surface area (Å²) in [5.41, 5.74) is 0. The molecule has 6 heteroatoms. The lowest BCUT2D eigenvalue weighted by Gasteiger charge is -2.14. The number of nitrogens with zero attached hydrogens (tertiary/aromatic N) is 2. The Morgan fingerprint density at radius 1 is 1.56 bits per heavy atom. The first-order chi connectivity index (χ1) is 7.66. The molecule has 0 bridgehead atoms. The van der Waals surface area contributed by atoms with Crippen molar-refractivity contribution in [2.75, 3.05) is 0 Å². The van der Waals surface area contributed by atoms with E-state index in [2.05, 4.69) is 10.4 Å². The van der Waals surface area contributed by atoms with Gasteiger partial charge in [0, 0.05) is 18.3 Å². The molecule has 1 amide bonds. The molecule has 0 unspecified atom stereocenters. The van der Waals surface area contributed by atoms with Crippen LogP contribution < -0.4 is 5.32 Å². The average molecular weight is 223 g/mol. The van der Waals surface area contributed by atoms with Crippen molar-refractivity contribution in [2.45, 2.75) is 25.4 Å². The molecule has 1 aliphatic rings. The molecule has 2 rings (SSSR count). The molecule has 0 aliphatic heterocycles. The van der Waals surface area contributed by atoms with Crippen LogP contribution in [0.25, 0.3) is 0 Å². The van der Waals surface area contributed by atoms with Gasteiger partial charge in [-0.25, -0.2) is 4.79 Å². The molecule has 1 atom stereocenters. The zero-order valence-electron chi connectivity index (χ0n) is 8.67. The molecule has 6 nitrogen and oxygen atoms in total. The number of carbonyl (C=O) groups excluding carboxylic acids is 1. The lowest BCUT2D eigenvalue weighted by atomic mass is 10.2. The third-order valence-corrected chi connectivity index (χ3v) is 2.49. The number of aliphatic carboxylic acids is 1. The fourth-order valence-corrected chi connectivity index (χ4v) is 1.42. The fourth-order valence-electron chi connectivity index (χ4n) is 1.42.